The van der Waals surface area contributed by atoms with Crippen LogP contribution < -0.4 is 10.7 Å². The Morgan fingerprint density at radius 3 is 2.72 bits per heavy atom. The van der Waals surface area contributed by atoms with Crippen LogP contribution in [0.5, 0.6) is 0 Å². The molecule has 2 rings (SSSR count). The summed E-state index contributed by atoms with van der Waals surface area (Å²) < 4.78 is 0. The van der Waals surface area contributed by atoms with Gasteiger partial charge in [0.1, 0.15) is 0 Å². The second-order valence-electron chi connectivity index (χ2n) is 3.46. The Hall–Kier alpha value is -2.27. The highest BCUT2D eigenvalue weighted by Crippen LogP contribution is 2.12. The number of benzene rings is 1. The predicted molar refractivity (Wildman–Crippen MR) is 72.0 cm³/mol. The molecule has 0 atom stereocenters. The standard InChI is InChI=1S/C12H11ClN4O/c13-9-3-5-10(6-4-9)16-12(18)17-15-8-11-2-1-7-14-11/h1-8,14H,(H2,16,17,18)/b15-8+. The number of carbonyl (C=O) groups is 1. The summed E-state index contributed by atoms with van der Waals surface area (Å²) in [5, 5.41) is 7.02. The van der Waals surface area contributed by atoms with Crippen molar-refractivity contribution in [1.82, 2.24) is 10.4 Å². The van der Waals surface area contributed by atoms with Crippen molar-refractivity contribution < 1.29 is 4.79 Å². The Kier molecular flexibility index (Phi) is 3.98. The molecule has 1 aromatic heterocycles. The first kappa shape index (κ1) is 12.2. The summed E-state index contributed by atoms with van der Waals surface area (Å²) in [6, 6.07) is 10.1. The monoisotopic (exact) mass is 262 g/mol. The number of rotatable bonds is 3. The van der Waals surface area contributed by atoms with Crippen LogP contribution in [0.1, 0.15) is 5.69 Å². The van der Waals surface area contributed by atoms with E-state index in [9.17, 15) is 4.79 Å². The summed E-state index contributed by atoms with van der Waals surface area (Å²) in [6.45, 7) is 0. The van der Waals surface area contributed by atoms with Gasteiger partial charge in [-0.3, -0.25) is 0 Å². The predicted octanol–water partition coefficient (Wildman–Crippen LogP) is 2.82. The van der Waals surface area contributed by atoms with Crippen molar-refractivity contribution in [2.75, 3.05) is 5.32 Å². The molecule has 0 saturated carbocycles. The van der Waals surface area contributed by atoms with E-state index in [-0.39, 0.29) is 0 Å². The highest BCUT2D eigenvalue weighted by Gasteiger charge is 1.99. The van der Waals surface area contributed by atoms with Gasteiger partial charge >= 0.3 is 6.03 Å². The summed E-state index contributed by atoms with van der Waals surface area (Å²) >= 11 is 5.73. The van der Waals surface area contributed by atoms with E-state index in [0.717, 1.165) is 5.69 Å². The first-order valence-corrected chi connectivity index (χ1v) is 5.61. The van der Waals surface area contributed by atoms with Crippen molar-refractivity contribution in [3.8, 4) is 0 Å². The highest BCUT2D eigenvalue weighted by molar-refractivity contribution is 6.30. The number of hydrogen-bond donors (Lipinski definition) is 3. The van der Waals surface area contributed by atoms with Gasteiger partial charge in [-0.15, -0.1) is 0 Å². The summed E-state index contributed by atoms with van der Waals surface area (Å²) in [7, 11) is 0. The highest BCUT2D eigenvalue weighted by atomic mass is 35.5. The number of hydrogen-bond acceptors (Lipinski definition) is 2. The van der Waals surface area contributed by atoms with Crippen LogP contribution >= 0.6 is 11.6 Å². The maximum atomic E-state index is 11.4. The molecule has 0 aliphatic rings. The Morgan fingerprint density at radius 1 is 1.28 bits per heavy atom. The van der Waals surface area contributed by atoms with Crippen LogP contribution in [0.2, 0.25) is 5.02 Å². The van der Waals surface area contributed by atoms with Gasteiger partial charge < -0.3 is 10.3 Å². The second-order valence-corrected chi connectivity index (χ2v) is 3.89. The lowest BCUT2D eigenvalue weighted by Gasteiger charge is -2.03. The number of nitrogens with zero attached hydrogens (tertiary/aromatic N) is 1. The molecule has 0 bridgehead atoms. The molecule has 0 saturated heterocycles. The molecule has 3 N–H and O–H groups in total. The van der Waals surface area contributed by atoms with Crippen molar-refractivity contribution in [3.05, 3.63) is 53.3 Å². The number of hydrazone groups is 1. The van der Waals surface area contributed by atoms with Crippen LogP contribution in [0.4, 0.5) is 10.5 Å². The number of anilines is 1. The zero-order valence-electron chi connectivity index (χ0n) is 9.35. The molecule has 1 heterocycles. The molecule has 6 heteroatoms. The summed E-state index contributed by atoms with van der Waals surface area (Å²) in [4.78, 5) is 14.4. The van der Waals surface area contributed by atoms with E-state index >= 15 is 0 Å². The fraction of sp³-hybridized carbons (Fsp3) is 0. The second kappa shape index (κ2) is 5.88. The average Bonchev–Trinajstić information content (AvgIpc) is 2.85. The maximum absolute atomic E-state index is 11.4. The topological polar surface area (TPSA) is 69.3 Å². The molecular weight excluding hydrogens is 252 g/mol. The van der Waals surface area contributed by atoms with Crippen molar-refractivity contribution >= 4 is 29.5 Å². The first-order valence-electron chi connectivity index (χ1n) is 5.23. The van der Waals surface area contributed by atoms with Crippen molar-refractivity contribution in [3.63, 3.8) is 0 Å². The third-order valence-electron chi connectivity index (χ3n) is 2.09. The van der Waals surface area contributed by atoms with Crippen LogP contribution in [0.3, 0.4) is 0 Å². The van der Waals surface area contributed by atoms with Gasteiger partial charge in [0.25, 0.3) is 0 Å². The molecule has 0 radical (unpaired) electrons. The third-order valence-corrected chi connectivity index (χ3v) is 2.35. The number of nitrogens with one attached hydrogen (secondary N) is 3. The lowest BCUT2D eigenvalue weighted by atomic mass is 10.3. The molecule has 0 spiro atoms. The van der Waals surface area contributed by atoms with Crippen LogP contribution in [-0.2, 0) is 0 Å². The normalized spacial score (nSPS) is 10.5. The molecule has 0 aliphatic carbocycles. The molecule has 18 heavy (non-hydrogen) atoms. The number of urea groups is 1. The SMILES string of the molecule is O=C(N/N=C/c1ccc[nH]1)Nc1ccc(Cl)cc1. The number of H-pyrrole nitrogens is 1. The minimum Gasteiger partial charge on any atom is -0.360 e. The van der Waals surface area contributed by atoms with Gasteiger partial charge in [0.15, 0.2) is 0 Å². The maximum Gasteiger partial charge on any atom is 0.339 e. The summed E-state index contributed by atoms with van der Waals surface area (Å²) in [5.74, 6) is 0. The van der Waals surface area contributed by atoms with Gasteiger partial charge in [-0.05, 0) is 36.4 Å². The quantitative estimate of drug-likeness (QED) is 0.578. The molecule has 0 fully saturated rings. The van der Waals surface area contributed by atoms with Gasteiger partial charge in [0, 0.05) is 16.9 Å². The lowest BCUT2D eigenvalue weighted by molar-refractivity contribution is 0.252. The zero-order valence-corrected chi connectivity index (χ0v) is 10.1. The zero-order chi connectivity index (χ0) is 12.8. The molecular formula is C12H11ClN4O. The molecule has 0 aliphatic heterocycles. The smallest absolute Gasteiger partial charge is 0.339 e. The van der Waals surface area contributed by atoms with Crippen LogP contribution in [0.25, 0.3) is 0 Å². The van der Waals surface area contributed by atoms with Crippen LogP contribution in [-0.4, -0.2) is 17.2 Å². The molecule has 2 amide bonds. The Labute approximate surface area is 109 Å². The Bertz CT molecular complexity index is 534. The minimum atomic E-state index is -0.417. The van der Waals surface area contributed by atoms with E-state index in [4.69, 9.17) is 11.6 Å². The minimum absolute atomic E-state index is 0.417. The van der Waals surface area contributed by atoms with E-state index in [1.54, 1.807) is 30.5 Å². The van der Waals surface area contributed by atoms with Gasteiger partial charge in [-0.2, -0.15) is 5.10 Å². The molecule has 0 unspecified atom stereocenters. The van der Waals surface area contributed by atoms with Gasteiger partial charge in [-0.25, -0.2) is 10.2 Å². The number of aromatic amines is 1. The van der Waals surface area contributed by atoms with Gasteiger partial charge in [0.05, 0.1) is 11.9 Å². The number of amides is 2. The summed E-state index contributed by atoms with van der Waals surface area (Å²) in [6.07, 6.45) is 3.29. The third kappa shape index (κ3) is 3.64. The number of carbonyl (C=O) groups excluding carboxylic acids is 1. The Balaban J connectivity index is 1.84. The fourth-order valence-corrected chi connectivity index (χ4v) is 1.40. The molecule has 2 aromatic rings. The van der Waals surface area contributed by atoms with E-state index < -0.39 is 6.03 Å². The summed E-state index contributed by atoms with van der Waals surface area (Å²) in [5.41, 5.74) is 3.80. The van der Waals surface area contributed by atoms with E-state index in [2.05, 4.69) is 20.8 Å². The van der Waals surface area contributed by atoms with Gasteiger partial charge in [-0.1, -0.05) is 11.6 Å². The van der Waals surface area contributed by atoms with E-state index in [1.807, 2.05) is 12.1 Å². The molecule has 1 aromatic carbocycles. The lowest BCUT2D eigenvalue weighted by Crippen LogP contribution is -2.24. The fourth-order valence-electron chi connectivity index (χ4n) is 1.28. The van der Waals surface area contributed by atoms with Crippen LogP contribution in [0, 0.1) is 0 Å². The van der Waals surface area contributed by atoms with Crippen molar-refractivity contribution in [2.24, 2.45) is 5.10 Å². The first-order chi connectivity index (χ1) is 8.74. The van der Waals surface area contributed by atoms with Crippen molar-refractivity contribution in [2.45, 2.75) is 0 Å². The molecule has 5 nitrogen and oxygen atoms in total. The Morgan fingerprint density at radius 2 is 2.06 bits per heavy atom. The van der Waals surface area contributed by atoms with Gasteiger partial charge in [0.2, 0.25) is 0 Å². The largest absolute Gasteiger partial charge is 0.360 e. The average molecular weight is 263 g/mol. The molecule has 92 valence electrons. The van der Waals surface area contributed by atoms with E-state index in [0.29, 0.717) is 10.7 Å². The van der Waals surface area contributed by atoms with Crippen LogP contribution in [0.15, 0.2) is 47.7 Å². The number of aromatic nitrogens is 1. The van der Waals surface area contributed by atoms with E-state index in [1.165, 1.54) is 6.21 Å². The van der Waals surface area contributed by atoms with Crippen molar-refractivity contribution in [1.29, 1.82) is 0 Å². The number of halogens is 1.